The third-order valence-corrected chi connectivity index (χ3v) is 7.69. The standard InChI is InChI=1S/C28H25N3O2S/c1-16-14-17(2)29-27-24(16)30-26(20-12-13-20)31(27)15-18-8-10-19(11-9-18)23-21-6-4-5-7-22(21)34-25(23)28(32)33-3/h4-11,14,20H,12-13,15H2,1-3H3. The first-order chi connectivity index (χ1) is 16.5. The number of hydrogen-bond acceptors (Lipinski definition) is 5. The van der Waals surface area contributed by atoms with Crippen LogP contribution in [0, 0.1) is 13.8 Å². The van der Waals surface area contributed by atoms with E-state index in [9.17, 15) is 4.79 Å². The van der Waals surface area contributed by atoms with Crippen molar-refractivity contribution in [1.82, 2.24) is 14.5 Å². The Morgan fingerprint density at radius 1 is 1.09 bits per heavy atom. The molecule has 6 heteroatoms. The van der Waals surface area contributed by atoms with Crippen LogP contribution in [0.25, 0.3) is 32.4 Å². The van der Waals surface area contributed by atoms with E-state index in [2.05, 4.69) is 47.9 Å². The fourth-order valence-corrected chi connectivity index (χ4v) is 5.90. The van der Waals surface area contributed by atoms with E-state index in [1.54, 1.807) is 0 Å². The van der Waals surface area contributed by atoms with Crippen molar-refractivity contribution in [2.75, 3.05) is 7.11 Å². The summed E-state index contributed by atoms with van der Waals surface area (Å²) < 4.78 is 8.45. The molecule has 0 N–H and O–H groups in total. The summed E-state index contributed by atoms with van der Waals surface area (Å²) in [5.74, 6) is 1.39. The minimum absolute atomic E-state index is 0.295. The molecule has 0 bridgehead atoms. The molecular formula is C28H25N3O2S. The van der Waals surface area contributed by atoms with E-state index in [-0.39, 0.29) is 5.97 Å². The van der Waals surface area contributed by atoms with E-state index in [0.717, 1.165) is 50.4 Å². The molecule has 1 fully saturated rings. The highest BCUT2D eigenvalue weighted by Gasteiger charge is 2.30. The molecule has 0 unspecified atom stereocenters. The molecule has 0 atom stereocenters. The number of aromatic nitrogens is 3. The van der Waals surface area contributed by atoms with Crippen LogP contribution in [0.4, 0.5) is 0 Å². The summed E-state index contributed by atoms with van der Waals surface area (Å²) in [4.78, 5) is 23.0. The molecule has 5 nitrogen and oxygen atoms in total. The van der Waals surface area contributed by atoms with Gasteiger partial charge in [-0.05, 0) is 55.5 Å². The van der Waals surface area contributed by atoms with Crippen molar-refractivity contribution >= 4 is 38.6 Å². The molecule has 0 amide bonds. The van der Waals surface area contributed by atoms with E-state index < -0.39 is 0 Å². The lowest BCUT2D eigenvalue weighted by Gasteiger charge is -2.10. The Labute approximate surface area is 202 Å². The lowest BCUT2D eigenvalue weighted by molar-refractivity contribution is 0.0607. The zero-order chi connectivity index (χ0) is 23.4. The van der Waals surface area contributed by atoms with E-state index in [0.29, 0.717) is 10.8 Å². The van der Waals surface area contributed by atoms with Gasteiger partial charge in [-0.15, -0.1) is 11.3 Å². The summed E-state index contributed by atoms with van der Waals surface area (Å²) in [6.45, 7) is 4.89. The van der Waals surface area contributed by atoms with Crippen LogP contribution >= 0.6 is 11.3 Å². The van der Waals surface area contributed by atoms with Crippen LogP contribution in [0.5, 0.6) is 0 Å². The number of methoxy groups -OCH3 is 1. The Morgan fingerprint density at radius 2 is 1.85 bits per heavy atom. The Hall–Kier alpha value is -3.51. The van der Waals surface area contributed by atoms with Gasteiger partial charge in [0.25, 0.3) is 0 Å². The number of pyridine rings is 1. The second-order valence-corrected chi connectivity index (χ2v) is 10.1. The average Bonchev–Trinajstić information content (AvgIpc) is 3.52. The molecule has 2 aromatic carbocycles. The van der Waals surface area contributed by atoms with Crippen LogP contribution < -0.4 is 0 Å². The molecule has 0 aliphatic heterocycles. The monoisotopic (exact) mass is 467 g/mol. The van der Waals surface area contributed by atoms with Crippen LogP contribution in [0.15, 0.2) is 54.6 Å². The fourth-order valence-electron chi connectivity index (χ4n) is 4.76. The van der Waals surface area contributed by atoms with Gasteiger partial charge in [0.2, 0.25) is 0 Å². The lowest BCUT2D eigenvalue weighted by Crippen LogP contribution is -2.05. The number of hydrogen-bond donors (Lipinski definition) is 0. The molecule has 1 aliphatic carbocycles. The van der Waals surface area contributed by atoms with Gasteiger partial charge in [0.15, 0.2) is 5.65 Å². The van der Waals surface area contributed by atoms with E-state index in [1.807, 2.05) is 25.1 Å². The van der Waals surface area contributed by atoms with Gasteiger partial charge in [-0.25, -0.2) is 14.8 Å². The maximum atomic E-state index is 12.5. The zero-order valence-electron chi connectivity index (χ0n) is 19.5. The minimum atomic E-state index is -0.295. The first-order valence-electron chi connectivity index (χ1n) is 11.6. The topological polar surface area (TPSA) is 57.0 Å². The number of carbonyl (C=O) groups is 1. The van der Waals surface area contributed by atoms with E-state index in [1.165, 1.54) is 42.4 Å². The van der Waals surface area contributed by atoms with Gasteiger partial charge >= 0.3 is 5.97 Å². The number of carbonyl (C=O) groups excluding carboxylic acids is 1. The van der Waals surface area contributed by atoms with Crippen molar-refractivity contribution in [1.29, 1.82) is 0 Å². The normalized spacial score (nSPS) is 13.6. The first-order valence-corrected chi connectivity index (χ1v) is 12.4. The highest BCUT2D eigenvalue weighted by molar-refractivity contribution is 7.21. The number of imidazole rings is 1. The van der Waals surface area contributed by atoms with Crippen molar-refractivity contribution in [2.24, 2.45) is 0 Å². The molecule has 3 aromatic heterocycles. The fraction of sp³-hybridized carbons (Fsp3) is 0.250. The first kappa shape index (κ1) is 21.1. The second-order valence-electron chi connectivity index (χ2n) is 9.07. The molecule has 170 valence electrons. The van der Waals surface area contributed by atoms with Gasteiger partial charge in [0.05, 0.1) is 13.7 Å². The molecule has 6 rings (SSSR count). The third-order valence-electron chi connectivity index (χ3n) is 6.54. The SMILES string of the molecule is COC(=O)c1sc2ccccc2c1-c1ccc(Cn2c(C3CC3)nc3c(C)cc(C)nc32)cc1. The minimum Gasteiger partial charge on any atom is -0.465 e. The number of benzene rings is 2. The number of nitrogens with zero attached hydrogens (tertiary/aromatic N) is 3. The summed E-state index contributed by atoms with van der Waals surface area (Å²) in [7, 11) is 1.43. The quantitative estimate of drug-likeness (QED) is 0.272. The molecule has 3 heterocycles. The number of thiophene rings is 1. The molecule has 0 saturated heterocycles. The maximum absolute atomic E-state index is 12.5. The van der Waals surface area contributed by atoms with Gasteiger partial charge in [-0.1, -0.05) is 42.5 Å². The largest absolute Gasteiger partial charge is 0.465 e. The smallest absolute Gasteiger partial charge is 0.348 e. The van der Waals surface area contributed by atoms with Gasteiger partial charge in [-0.2, -0.15) is 0 Å². The highest BCUT2D eigenvalue weighted by Crippen LogP contribution is 2.42. The van der Waals surface area contributed by atoms with Crippen molar-refractivity contribution < 1.29 is 9.53 Å². The Morgan fingerprint density at radius 3 is 2.59 bits per heavy atom. The Kier molecular flexibility index (Phi) is 4.99. The van der Waals surface area contributed by atoms with Crippen LogP contribution in [0.3, 0.4) is 0 Å². The average molecular weight is 468 g/mol. The van der Waals surface area contributed by atoms with Gasteiger partial charge < -0.3 is 9.30 Å². The summed E-state index contributed by atoms with van der Waals surface area (Å²) in [6, 6.07) is 18.7. The van der Waals surface area contributed by atoms with E-state index in [4.69, 9.17) is 14.7 Å². The molecular weight excluding hydrogens is 442 g/mol. The lowest BCUT2D eigenvalue weighted by atomic mass is 10.0. The number of esters is 1. The molecule has 34 heavy (non-hydrogen) atoms. The molecule has 0 spiro atoms. The van der Waals surface area contributed by atoms with Crippen molar-refractivity contribution in [3.8, 4) is 11.1 Å². The Bertz CT molecular complexity index is 1560. The van der Waals surface area contributed by atoms with Crippen LogP contribution in [0.2, 0.25) is 0 Å². The highest BCUT2D eigenvalue weighted by atomic mass is 32.1. The number of fused-ring (bicyclic) bond motifs is 2. The number of rotatable bonds is 5. The van der Waals surface area contributed by atoms with E-state index >= 15 is 0 Å². The van der Waals surface area contributed by atoms with Crippen molar-refractivity contribution in [2.45, 2.75) is 39.2 Å². The summed E-state index contributed by atoms with van der Waals surface area (Å²) >= 11 is 1.48. The van der Waals surface area contributed by atoms with Gasteiger partial charge in [-0.3, -0.25) is 0 Å². The molecule has 1 saturated carbocycles. The van der Waals surface area contributed by atoms with Gasteiger partial charge in [0.1, 0.15) is 16.2 Å². The summed E-state index contributed by atoms with van der Waals surface area (Å²) in [6.07, 6.45) is 2.39. The predicted octanol–water partition coefficient (Wildman–Crippen LogP) is 6.64. The third kappa shape index (κ3) is 3.49. The molecule has 0 radical (unpaired) electrons. The van der Waals surface area contributed by atoms with Crippen LogP contribution in [-0.4, -0.2) is 27.6 Å². The number of aryl methyl sites for hydroxylation is 2. The second kappa shape index (κ2) is 8.06. The summed E-state index contributed by atoms with van der Waals surface area (Å²) in [5.41, 5.74) is 7.33. The summed E-state index contributed by atoms with van der Waals surface area (Å²) in [5, 5.41) is 1.08. The van der Waals surface area contributed by atoms with Crippen molar-refractivity contribution in [3.63, 3.8) is 0 Å². The Balaban J connectivity index is 1.41. The zero-order valence-corrected chi connectivity index (χ0v) is 20.3. The maximum Gasteiger partial charge on any atom is 0.348 e. The van der Waals surface area contributed by atoms with Crippen molar-refractivity contribution in [3.05, 3.63) is 82.1 Å². The molecule has 5 aromatic rings. The molecule has 1 aliphatic rings. The van der Waals surface area contributed by atoms with Gasteiger partial charge in [0, 0.05) is 27.3 Å². The van der Waals surface area contributed by atoms with Crippen LogP contribution in [0.1, 0.15) is 51.1 Å². The van der Waals surface area contributed by atoms with Crippen LogP contribution in [-0.2, 0) is 11.3 Å². The number of ether oxygens (including phenoxy) is 1. The predicted molar refractivity (Wildman–Crippen MR) is 137 cm³/mol.